The third kappa shape index (κ3) is 1.67. The number of benzene rings is 1. The van der Waals surface area contributed by atoms with E-state index in [9.17, 15) is 0 Å². The summed E-state index contributed by atoms with van der Waals surface area (Å²) in [5, 5.41) is 0. The molecule has 1 aromatic carbocycles. The van der Waals surface area contributed by atoms with Crippen molar-refractivity contribution < 1.29 is 0 Å². The summed E-state index contributed by atoms with van der Waals surface area (Å²) in [6, 6.07) is 6.43. The van der Waals surface area contributed by atoms with Crippen LogP contribution in [0.25, 0.3) is 0 Å². The van der Waals surface area contributed by atoms with Crippen LogP contribution in [0.3, 0.4) is 0 Å². The Bertz CT molecular complexity index is 277. The highest BCUT2D eigenvalue weighted by Crippen LogP contribution is 2.43. The summed E-state index contributed by atoms with van der Waals surface area (Å²) >= 11 is 6.99. The van der Waals surface area contributed by atoms with Crippen molar-refractivity contribution in [3.63, 3.8) is 0 Å². The van der Waals surface area contributed by atoms with E-state index in [1.54, 1.807) is 0 Å². The van der Waals surface area contributed by atoms with Crippen molar-refractivity contribution in [2.75, 3.05) is 0 Å². The molecule has 2 rings (SSSR count). The Balaban J connectivity index is 2.39. The van der Waals surface area contributed by atoms with Crippen LogP contribution < -0.4 is 0 Å². The fourth-order valence-electron chi connectivity index (χ4n) is 1.23. The second kappa shape index (κ2) is 2.91. The molecule has 0 bridgehead atoms. The molecule has 0 nitrogen and oxygen atoms in total. The Hall–Kier alpha value is 0.180. The van der Waals surface area contributed by atoms with Gasteiger partial charge in [0.05, 0.1) is 0 Å². The lowest BCUT2D eigenvalue weighted by Crippen LogP contribution is -1.80. The van der Waals surface area contributed by atoms with Crippen LogP contribution >= 0.6 is 31.9 Å². The van der Waals surface area contributed by atoms with Crippen molar-refractivity contribution in [1.29, 1.82) is 0 Å². The first-order valence-corrected chi connectivity index (χ1v) is 5.31. The molecule has 0 radical (unpaired) electrons. The molecule has 1 aromatic rings. The van der Waals surface area contributed by atoms with E-state index >= 15 is 0 Å². The predicted molar refractivity (Wildman–Crippen MR) is 53.8 cm³/mol. The van der Waals surface area contributed by atoms with Crippen molar-refractivity contribution in [3.05, 3.63) is 32.7 Å². The largest absolute Gasteiger partial charge is 0.0565 e. The molecule has 1 aliphatic rings. The van der Waals surface area contributed by atoms with Crippen LogP contribution in [0.1, 0.15) is 24.3 Å². The van der Waals surface area contributed by atoms with E-state index in [2.05, 4.69) is 50.1 Å². The first-order valence-electron chi connectivity index (χ1n) is 3.72. The molecule has 0 saturated heterocycles. The number of hydrogen-bond donors (Lipinski definition) is 0. The Labute approximate surface area is 83.3 Å². The molecule has 0 amide bonds. The van der Waals surface area contributed by atoms with Crippen LogP contribution in [0.2, 0.25) is 0 Å². The van der Waals surface area contributed by atoms with Crippen LogP contribution in [0.5, 0.6) is 0 Å². The molecule has 1 saturated carbocycles. The molecule has 1 fully saturated rings. The molecule has 0 N–H and O–H groups in total. The normalized spacial score (nSPS) is 16.9. The molecule has 0 aliphatic heterocycles. The lowest BCUT2D eigenvalue weighted by atomic mass is 10.1. The van der Waals surface area contributed by atoms with Gasteiger partial charge in [-0.15, -0.1) is 0 Å². The summed E-state index contributed by atoms with van der Waals surface area (Å²) in [4.78, 5) is 0. The maximum Gasteiger partial charge on any atom is 0.0221 e. The molecule has 0 heterocycles. The van der Waals surface area contributed by atoms with Crippen LogP contribution in [0.15, 0.2) is 27.1 Å². The van der Waals surface area contributed by atoms with E-state index in [0.29, 0.717) is 0 Å². The minimum absolute atomic E-state index is 0.831. The van der Waals surface area contributed by atoms with Gasteiger partial charge in [-0.1, -0.05) is 37.9 Å². The van der Waals surface area contributed by atoms with Gasteiger partial charge in [-0.25, -0.2) is 0 Å². The second-order valence-corrected chi connectivity index (χ2v) is 4.71. The Morgan fingerprint density at radius 1 is 1.18 bits per heavy atom. The number of halogens is 2. The van der Waals surface area contributed by atoms with Gasteiger partial charge in [-0.3, -0.25) is 0 Å². The zero-order chi connectivity index (χ0) is 7.84. The van der Waals surface area contributed by atoms with Crippen LogP contribution in [-0.4, -0.2) is 0 Å². The summed E-state index contributed by atoms with van der Waals surface area (Å²) in [6.45, 7) is 0. The van der Waals surface area contributed by atoms with Crippen molar-refractivity contribution in [2.45, 2.75) is 18.8 Å². The minimum Gasteiger partial charge on any atom is -0.0565 e. The standard InChI is InChI=1S/C9H8Br2/c10-7-3-4-8(6-1-2-6)9(11)5-7/h3-6H,1-2H2. The van der Waals surface area contributed by atoms with E-state index in [1.165, 1.54) is 22.9 Å². The van der Waals surface area contributed by atoms with E-state index in [0.717, 1.165) is 10.4 Å². The fraction of sp³-hybridized carbons (Fsp3) is 0.333. The van der Waals surface area contributed by atoms with Crippen molar-refractivity contribution in [2.24, 2.45) is 0 Å². The van der Waals surface area contributed by atoms with Gasteiger partial charge in [0.1, 0.15) is 0 Å². The first kappa shape index (κ1) is 7.81. The Morgan fingerprint density at radius 3 is 2.45 bits per heavy atom. The molecule has 0 aromatic heterocycles. The second-order valence-electron chi connectivity index (χ2n) is 2.94. The van der Waals surface area contributed by atoms with Gasteiger partial charge in [0.2, 0.25) is 0 Å². The fourth-order valence-corrected chi connectivity index (χ4v) is 2.60. The highest BCUT2D eigenvalue weighted by atomic mass is 79.9. The zero-order valence-corrected chi connectivity index (χ0v) is 9.15. The summed E-state index contributed by atoms with van der Waals surface area (Å²) in [7, 11) is 0. The lowest BCUT2D eigenvalue weighted by Gasteiger charge is -2.01. The minimum atomic E-state index is 0.831. The van der Waals surface area contributed by atoms with Crippen LogP contribution in [0, 0.1) is 0 Å². The number of rotatable bonds is 1. The van der Waals surface area contributed by atoms with E-state index in [1.807, 2.05) is 0 Å². The average Bonchev–Trinajstić information content (AvgIpc) is 2.70. The first-order chi connectivity index (χ1) is 5.27. The summed E-state index contributed by atoms with van der Waals surface area (Å²) < 4.78 is 2.39. The summed E-state index contributed by atoms with van der Waals surface area (Å²) in [5.41, 5.74) is 1.47. The van der Waals surface area contributed by atoms with Gasteiger partial charge < -0.3 is 0 Å². The lowest BCUT2D eigenvalue weighted by molar-refractivity contribution is 1.11. The topological polar surface area (TPSA) is 0 Å². The third-order valence-corrected chi connectivity index (χ3v) is 3.16. The van der Waals surface area contributed by atoms with E-state index in [4.69, 9.17) is 0 Å². The summed E-state index contributed by atoms with van der Waals surface area (Å²) in [5.74, 6) is 0.831. The highest BCUT2D eigenvalue weighted by Gasteiger charge is 2.25. The number of hydrogen-bond acceptors (Lipinski definition) is 0. The quantitative estimate of drug-likeness (QED) is 0.724. The van der Waals surface area contributed by atoms with Crippen molar-refractivity contribution in [3.8, 4) is 0 Å². The maximum atomic E-state index is 3.56. The van der Waals surface area contributed by atoms with Gasteiger partial charge in [0, 0.05) is 8.95 Å². The van der Waals surface area contributed by atoms with E-state index < -0.39 is 0 Å². The predicted octanol–water partition coefficient (Wildman–Crippen LogP) is 4.09. The molecule has 58 valence electrons. The molecule has 11 heavy (non-hydrogen) atoms. The molecular weight excluding hydrogens is 268 g/mol. The molecule has 0 atom stereocenters. The highest BCUT2D eigenvalue weighted by molar-refractivity contribution is 9.11. The third-order valence-electron chi connectivity index (χ3n) is 1.98. The Morgan fingerprint density at radius 2 is 1.91 bits per heavy atom. The summed E-state index contributed by atoms with van der Waals surface area (Å²) in [6.07, 6.45) is 2.72. The monoisotopic (exact) mass is 274 g/mol. The maximum absolute atomic E-state index is 3.56. The molecule has 0 spiro atoms. The molecule has 2 heteroatoms. The molecule has 1 aliphatic carbocycles. The van der Waals surface area contributed by atoms with Crippen LogP contribution in [0.4, 0.5) is 0 Å². The Kier molecular flexibility index (Phi) is 2.06. The average molecular weight is 276 g/mol. The SMILES string of the molecule is Brc1ccc(C2CC2)c(Br)c1. The zero-order valence-electron chi connectivity index (χ0n) is 5.98. The van der Waals surface area contributed by atoms with E-state index in [-0.39, 0.29) is 0 Å². The van der Waals surface area contributed by atoms with Gasteiger partial charge >= 0.3 is 0 Å². The van der Waals surface area contributed by atoms with Gasteiger partial charge in [-0.2, -0.15) is 0 Å². The molecule has 0 unspecified atom stereocenters. The smallest absolute Gasteiger partial charge is 0.0221 e. The van der Waals surface area contributed by atoms with Crippen molar-refractivity contribution >= 4 is 31.9 Å². The van der Waals surface area contributed by atoms with Gasteiger partial charge in [0.15, 0.2) is 0 Å². The van der Waals surface area contributed by atoms with Crippen molar-refractivity contribution in [1.82, 2.24) is 0 Å². The van der Waals surface area contributed by atoms with Crippen LogP contribution in [-0.2, 0) is 0 Å². The van der Waals surface area contributed by atoms with Gasteiger partial charge in [-0.05, 0) is 36.5 Å². The van der Waals surface area contributed by atoms with Gasteiger partial charge in [0.25, 0.3) is 0 Å². The molecular formula is C9H8Br2.